The van der Waals surface area contributed by atoms with Gasteiger partial charge in [-0.15, -0.1) is 0 Å². The average Bonchev–Trinajstić information content (AvgIpc) is 2.70. The Kier molecular flexibility index (Phi) is 8.89. The first-order valence-corrected chi connectivity index (χ1v) is 8.49. The van der Waals surface area contributed by atoms with Crippen LogP contribution >= 0.6 is 11.8 Å². The van der Waals surface area contributed by atoms with Crippen LogP contribution in [-0.4, -0.2) is 10.9 Å². The smallest absolute Gasteiger partial charge is 0.201 e. The molecule has 0 aliphatic carbocycles. The Bertz CT molecular complexity index is 321. The van der Waals surface area contributed by atoms with Gasteiger partial charge in [-0.3, -0.25) is 9.59 Å². The van der Waals surface area contributed by atoms with Gasteiger partial charge in [-0.05, 0) is 24.6 Å². The zero-order valence-corrected chi connectivity index (χ0v) is 12.9. The van der Waals surface area contributed by atoms with Crippen molar-refractivity contribution in [3.05, 3.63) is 11.0 Å². The van der Waals surface area contributed by atoms with Gasteiger partial charge in [0.2, 0.25) is 5.12 Å². The maximum Gasteiger partial charge on any atom is 0.201 e. The Morgan fingerprint density at radius 3 is 2.05 bits per heavy atom. The summed E-state index contributed by atoms with van der Waals surface area (Å²) in [5.41, 5.74) is 0. The van der Waals surface area contributed by atoms with E-state index in [4.69, 9.17) is 0 Å². The van der Waals surface area contributed by atoms with E-state index in [-0.39, 0.29) is 17.3 Å². The van der Waals surface area contributed by atoms with Crippen LogP contribution in [0.5, 0.6) is 0 Å². The van der Waals surface area contributed by atoms with Gasteiger partial charge in [0.25, 0.3) is 0 Å². The highest BCUT2D eigenvalue weighted by Gasteiger charge is 2.25. The third-order valence-electron chi connectivity index (χ3n) is 3.44. The molecule has 0 aromatic rings. The maximum absolute atomic E-state index is 11.4. The SMILES string of the molecule is CCCCCCCCCCC/C=C1\SC(=O)CC1=O. The van der Waals surface area contributed by atoms with Crippen LogP contribution in [0, 0.1) is 0 Å². The molecular weight excluding hydrogens is 256 g/mol. The van der Waals surface area contributed by atoms with Gasteiger partial charge in [-0.1, -0.05) is 64.4 Å². The molecule has 1 fully saturated rings. The minimum atomic E-state index is 0.00308. The van der Waals surface area contributed by atoms with Crippen molar-refractivity contribution in [2.75, 3.05) is 0 Å². The van der Waals surface area contributed by atoms with E-state index in [1.54, 1.807) is 0 Å². The third-order valence-corrected chi connectivity index (χ3v) is 4.43. The van der Waals surface area contributed by atoms with Gasteiger partial charge < -0.3 is 0 Å². The molecule has 0 aromatic carbocycles. The lowest BCUT2D eigenvalue weighted by Gasteiger charge is -2.00. The number of allylic oxidation sites excluding steroid dienone is 2. The Hall–Kier alpha value is -0.570. The number of carbonyl (C=O) groups excluding carboxylic acids is 2. The Morgan fingerprint density at radius 2 is 1.53 bits per heavy atom. The maximum atomic E-state index is 11.4. The molecule has 0 bridgehead atoms. The lowest BCUT2D eigenvalue weighted by Crippen LogP contribution is -1.91. The number of ketones is 1. The van der Waals surface area contributed by atoms with Gasteiger partial charge in [0, 0.05) is 0 Å². The van der Waals surface area contributed by atoms with Crippen LogP contribution in [-0.2, 0) is 9.59 Å². The van der Waals surface area contributed by atoms with Crippen LogP contribution in [0.3, 0.4) is 0 Å². The topological polar surface area (TPSA) is 34.1 Å². The Morgan fingerprint density at radius 1 is 0.947 bits per heavy atom. The first-order chi connectivity index (χ1) is 9.24. The van der Waals surface area contributed by atoms with E-state index in [1.807, 2.05) is 6.08 Å². The molecule has 1 saturated heterocycles. The molecular formula is C16H26O2S. The fourth-order valence-corrected chi connectivity index (χ4v) is 3.11. The van der Waals surface area contributed by atoms with E-state index < -0.39 is 0 Å². The van der Waals surface area contributed by atoms with Crippen molar-refractivity contribution in [3.63, 3.8) is 0 Å². The van der Waals surface area contributed by atoms with Crippen LogP contribution in [0.4, 0.5) is 0 Å². The number of rotatable bonds is 10. The first kappa shape index (κ1) is 16.5. The molecule has 0 saturated carbocycles. The Labute approximate surface area is 121 Å². The highest BCUT2D eigenvalue weighted by Crippen LogP contribution is 2.29. The predicted molar refractivity (Wildman–Crippen MR) is 82.1 cm³/mol. The summed E-state index contributed by atoms with van der Waals surface area (Å²) in [5, 5.41) is 0.00308. The number of carbonyl (C=O) groups is 2. The normalized spacial score (nSPS) is 17.6. The lowest BCUT2D eigenvalue weighted by atomic mass is 10.1. The van der Waals surface area contributed by atoms with Crippen LogP contribution in [0.1, 0.15) is 77.6 Å². The van der Waals surface area contributed by atoms with E-state index in [0.717, 1.165) is 24.6 Å². The van der Waals surface area contributed by atoms with Crippen molar-refractivity contribution in [2.24, 2.45) is 0 Å². The molecule has 3 heteroatoms. The Balaban J connectivity index is 1.93. The van der Waals surface area contributed by atoms with E-state index in [0.29, 0.717) is 4.91 Å². The zero-order valence-electron chi connectivity index (χ0n) is 12.1. The van der Waals surface area contributed by atoms with Crippen LogP contribution in [0.25, 0.3) is 0 Å². The fraction of sp³-hybridized carbons (Fsp3) is 0.750. The molecule has 0 unspecified atom stereocenters. The molecule has 0 N–H and O–H groups in total. The summed E-state index contributed by atoms with van der Waals surface area (Å²) in [6.45, 7) is 2.25. The molecule has 1 aliphatic heterocycles. The van der Waals surface area contributed by atoms with E-state index in [9.17, 15) is 9.59 Å². The second-order valence-electron chi connectivity index (χ2n) is 5.26. The number of Topliss-reactive ketones (excluding diaryl/α,β-unsaturated/α-hetero) is 1. The minimum Gasteiger partial charge on any atom is -0.293 e. The molecule has 1 rings (SSSR count). The summed E-state index contributed by atoms with van der Waals surface area (Å²) in [5.74, 6) is 0.0194. The summed E-state index contributed by atoms with van der Waals surface area (Å²) in [7, 11) is 0. The number of hydrogen-bond acceptors (Lipinski definition) is 3. The molecule has 1 aliphatic rings. The molecule has 0 aromatic heterocycles. The molecule has 19 heavy (non-hydrogen) atoms. The second-order valence-corrected chi connectivity index (χ2v) is 6.36. The van der Waals surface area contributed by atoms with Crippen molar-refractivity contribution >= 4 is 22.7 Å². The van der Waals surface area contributed by atoms with Gasteiger partial charge in [-0.2, -0.15) is 0 Å². The van der Waals surface area contributed by atoms with Crippen molar-refractivity contribution in [3.8, 4) is 0 Å². The van der Waals surface area contributed by atoms with E-state index in [2.05, 4.69) is 6.92 Å². The zero-order chi connectivity index (χ0) is 13.9. The van der Waals surface area contributed by atoms with Crippen molar-refractivity contribution in [2.45, 2.75) is 77.6 Å². The number of unbranched alkanes of at least 4 members (excludes halogenated alkanes) is 9. The average molecular weight is 282 g/mol. The van der Waals surface area contributed by atoms with Gasteiger partial charge in [0.15, 0.2) is 5.78 Å². The van der Waals surface area contributed by atoms with Crippen LogP contribution in [0.2, 0.25) is 0 Å². The minimum absolute atomic E-state index is 0.00308. The largest absolute Gasteiger partial charge is 0.293 e. The first-order valence-electron chi connectivity index (χ1n) is 7.68. The van der Waals surface area contributed by atoms with Gasteiger partial charge in [0.1, 0.15) is 0 Å². The predicted octanol–water partition coefficient (Wildman–Crippen LogP) is 5.02. The van der Waals surface area contributed by atoms with E-state index >= 15 is 0 Å². The van der Waals surface area contributed by atoms with Gasteiger partial charge >= 0.3 is 0 Å². The molecule has 2 nitrogen and oxygen atoms in total. The van der Waals surface area contributed by atoms with E-state index in [1.165, 1.54) is 51.4 Å². The molecule has 108 valence electrons. The van der Waals surface area contributed by atoms with Crippen LogP contribution in [0.15, 0.2) is 11.0 Å². The van der Waals surface area contributed by atoms with Crippen molar-refractivity contribution in [1.82, 2.24) is 0 Å². The van der Waals surface area contributed by atoms with Gasteiger partial charge in [0.05, 0.1) is 11.3 Å². The molecule has 1 heterocycles. The molecule has 0 radical (unpaired) electrons. The summed E-state index contributed by atoms with van der Waals surface area (Å²) in [6.07, 6.45) is 14.8. The molecule has 0 spiro atoms. The molecule has 0 amide bonds. The van der Waals surface area contributed by atoms with Crippen molar-refractivity contribution < 1.29 is 9.59 Å². The highest BCUT2D eigenvalue weighted by molar-refractivity contribution is 8.18. The quantitative estimate of drug-likeness (QED) is 0.320. The number of hydrogen-bond donors (Lipinski definition) is 0. The summed E-state index contributed by atoms with van der Waals surface area (Å²) in [4.78, 5) is 23.1. The summed E-state index contributed by atoms with van der Waals surface area (Å²) >= 11 is 1.13. The summed E-state index contributed by atoms with van der Waals surface area (Å²) in [6, 6.07) is 0. The van der Waals surface area contributed by atoms with Crippen LogP contribution < -0.4 is 0 Å². The van der Waals surface area contributed by atoms with Crippen molar-refractivity contribution in [1.29, 1.82) is 0 Å². The lowest BCUT2D eigenvalue weighted by molar-refractivity contribution is -0.119. The summed E-state index contributed by atoms with van der Waals surface area (Å²) < 4.78 is 0. The standard InChI is InChI=1S/C16H26O2S/c1-2-3-4-5-6-7-8-9-10-11-12-15-14(17)13-16(18)19-15/h12H,2-11,13H2,1H3/b15-12-. The number of thioether (sulfide) groups is 1. The van der Waals surface area contributed by atoms with Gasteiger partial charge in [-0.25, -0.2) is 0 Å². The monoisotopic (exact) mass is 282 g/mol. The third kappa shape index (κ3) is 7.56. The molecule has 0 atom stereocenters. The fourth-order valence-electron chi connectivity index (χ4n) is 2.28. The highest BCUT2D eigenvalue weighted by atomic mass is 32.2. The second kappa shape index (κ2) is 10.2.